The Kier molecular flexibility index (Phi) is 3.50. The Morgan fingerprint density at radius 2 is 2.17 bits per heavy atom. The molecular weight excluding hydrogens is 290 g/mol. The van der Waals surface area contributed by atoms with Gasteiger partial charge in [-0.05, 0) is 24.3 Å². The summed E-state index contributed by atoms with van der Waals surface area (Å²) in [6.45, 7) is 1.02. The van der Waals surface area contributed by atoms with Gasteiger partial charge < -0.3 is 9.64 Å². The minimum atomic E-state index is -0.0278. The molecule has 0 spiro atoms. The van der Waals surface area contributed by atoms with Crippen molar-refractivity contribution in [2.45, 2.75) is 25.0 Å². The average Bonchev–Trinajstić information content (AvgIpc) is 3.18. The van der Waals surface area contributed by atoms with E-state index in [1.165, 1.54) is 4.90 Å². The smallest absolute Gasteiger partial charge is 0.291 e. The van der Waals surface area contributed by atoms with Crippen LogP contribution < -0.4 is 14.5 Å². The van der Waals surface area contributed by atoms with Gasteiger partial charge in [-0.1, -0.05) is 18.2 Å². The first kappa shape index (κ1) is 14.2. The van der Waals surface area contributed by atoms with Crippen molar-refractivity contribution in [2.24, 2.45) is 0 Å². The maximum Gasteiger partial charge on any atom is 0.291 e. The van der Waals surface area contributed by atoms with Crippen molar-refractivity contribution in [1.29, 1.82) is 0 Å². The Labute approximate surface area is 135 Å². The van der Waals surface area contributed by atoms with Crippen molar-refractivity contribution in [1.82, 2.24) is 4.98 Å². The van der Waals surface area contributed by atoms with E-state index in [2.05, 4.69) is 11.1 Å². The third-order valence-corrected chi connectivity index (χ3v) is 4.86. The van der Waals surface area contributed by atoms with Crippen LogP contribution in [0.15, 0.2) is 48.7 Å². The molecule has 2 aliphatic rings. The molecule has 0 saturated carbocycles. The van der Waals surface area contributed by atoms with Gasteiger partial charge in [-0.15, -0.1) is 0 Å². The molecule has 3 heterocycles. The quantitative estimate of drug-likeness (QED) is 0.926. The van der Waals surface area contributed by atoms with Crippen LogP contribution >= 0.6 is 0 Å². The highest BCUT2D eigenvalue weighted by Crippen LogP contribution is 2.30. The van der Waals surface area contributed by atoms with Crippen LogP contribution in [0, 0.1) is 0 Å². The Morgan fingerprint density at radius 1 is 1.26 bits per heavy atom. The number of nitrogens with one attached hydrogen (secondary N) is 1. The number of pyridine rings is 1. The lowest BCUT2D eigenvalue weighted by atomic mass is 10.1. The van der Waals surface area contributed by atoms with Gasteiger partial charge in [-0.3, -0.25) is 4.79 Å². The lowest BCUT2D eigenvalue weighted by Gasteiger charge is -2.26. The van der Waals surface area contributed by atoms with Gasteiger partial charge in [-0.2, -0.15) is 0 Å². The average molecular weight is 310 g/mol. The second-order valence-electron chi connectivity index (χ2n) is 6.10. The number of carbonyl (C=O) groups is 1. The first-order valence-electron chi connectivity index (χ1n) is 8.03. The van der Waals surface area contributed by atoms with Crippen LogP contribution in [0.5, 0.6) is 5.75 Å². The minimum Gasteiger partial charge on any atom is -0.497 e. The van der Waals surface area contributed by atoms with E-state index in [4.69, 9.17) is 4.74 Å². The highest BCUT2D eigenvalue weighted by Gasteiger charge is 2.54. The number of hydrogen-bond acceptors (Lipinski definition) is 3. The fourth-order valence-corrected chi connectivity index (χ4v) is 3.86. The van der Waals surface area contributed by atoms with Gasteiger partial charge in [0, 0.05) is 24.6 Å². The van der Waals surface area contributed by atoms with E-state index < -0.39 is 0 Å². The molecule has 118 valence electrons. The summed E-state index contributed by atoms with van der Waals surface area (Å²) >= 11 is 0. The van der Waals surface area contributed by atoms with E-state index in [9.17, 15) is 4.79 Å². The van der Waals surface area contributed by atoms with Gasteiger partial charge in [-0.25, -0.2) is 9.88 Å². The molecule has 1 aromatic carbocycles. The molecule has 4 rings (SSSR count). The van der Waals surface area contributed by atoms with Gasteiger partial charge in [0.05, 0.1) is 13.7 Å². The molecule has 2 saturated heterocycles. The number of nitrogens with zero attached hydrogens (tertiary/aromatic N) is 2. The lowest BCUT2D eigenvalue weighted by Crippen LogP contribution is -3.12. The molecule has 5 heteroatoms. The van der Waals surface area contributed by atoms with Gasteiger partial charge >= 0.3 is 0 Å². The molecule has 1 N–H and O–H groups in total. The van der Waals surface area contributed by atoms with Crippen LogP contribution in [-0.4, -0.2) is 30.6 Å². The summed E-state index contributed by atoms with van der Waals surface area (Å²) in [5.41, 5.74) is 1.10. The highest BCUT2D eigenvalue weighted by molar-refractivity contribution is 5.97. The predicted octanol–water partition coefficient (Wildman–Crippen LogP) is 1.18. The molecule has 2 aliphatic heterocycles. The molecule has 3 unspecified atom stereocenters. The van der Waals surface area contributed by atoms with Crippen molar-refractivity contribution in [2.75, 3.05) is 18.6 Å². The number of quaternary nitrogens is 1. The first-order chi connectivity index (χ1) is 11.3. The number of amides is 1. The molecule has 0 bridgehead atoms. The standard InChI is InChI=1S/C18H19N3O2/c1-23-14-7-4-6-13(12-14)17-20-11-5-8-15(20)18(22)21(17)16-9-2-3-10-19-16/h2-4,6-7,9-10,12,15,17H,5,8,11H2,1H3/p+1. The number of aromatic nitrogens is 1. The third kappa shape index (κ3) is 2.28. The zero-order valence-corrected chi connectivity index (χ0v) is 13.1. The third-order valence-electron chi connectivity index (χ3n) is 4.86. The zero-order chi connectivity index (χ0) is 15.8. The number of carbonyl (C=O) groups excluding carboxylic acids is 1. The molecule has 2 aromatic rings. The summed E-state index contributed by atoms with van der Waals surface area (Å²) in [5.74, 6) is 1.73. The Bertz CT molecular complexity index is 719. The number of rotatable bonds is 3. The van der Waals surface area contributed by atoms with Crippen LogP contribution in [0.3, 0.4) is 0 Å². The molecule has 0 aliphatic carbocycles. The molecule has 2 fully saturated rings. The van der Waals surface area contributed by atoms with Gasteiger partial charge in [0.2, 0.25) is 0 Å². The van der Waals surface area contributed by atoms with E-state index in [0.717, 1.165) is 36.5 Å². The van der Waals surface area contributed by atoms with Crippen LogP contribution in [0.4, 0.5) is 5.82 Å². The molecule has 0 radical (unpaired) electrons. The van der Waals surface area contributed by atoms with E-state index in [0.29, 0.717) is 0 Å². The first-order valence-corrected chi connectivity index (χ1v) is 8.03. The molecule has 1 aromatic heterocycles. The van der Waals surface area contributed by atoms with Crippen molar-refractivity contribution < 1.29 is 14.4 Å². The van der Waals surface area contributed by atoms with Crippen LogP contribution in [0.2, 0.25) is 0 Å². The number of methoxy groups -OCH3 is 1. The zero-order valence-electron chi connectivity index (χ0n) is 13.1. The summed E-state index contributed by atoms with van der Waals surface area (Å²) in [7, 11) is 1.67. The molecule has 1 amide bonds. The Balaban J connectivity index is 1.80. The number of hydrogen-bond donors (Lipinski definition) is 1. The summed E-state index contributed by atoms with van der Waals surface area (Å²) in [6.07, 6.45) is 3.77. The monoisotopic (exact) mass is 310 g/mol. The minimum absolute atomic E-state index is 0.0278. The van der Waals surface area contributed by atoms with Crippen LogP contribution in [0.1, 0.15) is 24.6 Å². The summed E-state index contributed by atoms with van der Waals surface area (Å²) in [6, 6.07) is 13.8. The summed E-state index contributed by atoms with van der Waals surface area (Å²) in [5, 5.41) is 0. The normalized spacial score (nSPS) is 26.4. The van der Waals surface area contributed by atoms with Crippen LogP contribution in [0.25, 0.3) is 0 Å². The molecular formula is C18H20N3O2+. The number of anilines is 1. The highest BCUT2D eigenvalue weighted by atomic mass is 16.5. The Morgan fingerprint density at radius 3 is 2.96 bits per heavy atom. The van der Waals surface area contributed by atoms with E-state index in [-0.39, 0.29) is 18.1 Å². The number of ether oxygens (including phenoxy) is 1. The van der Waals surface area contributed by atoms with E-state index in [1.54, 1.807) is 13.3 Å². The van der Waals surface area contributed by atoms with Gasteiger partial charge in [0.25, 0.3) is 5.91 Å². The Hall–Kier alpha value is -2.40. The van der Waals surface area contributed by atoms with Gasteiger partial charge in [0.15, 0.2) is 12.2 Å². The largest absolute Gasteiger partial charge is 0.497 e. The van der Waals surface area contributed by atoms with Crippen LogP contribution in [-0.2, 0) is 4.79 Å². The fourth-order valence-electron chi connectivity index (χ4n) is 3.86. The maximum absolute atomic E-state index is 13.0. The van der Waals surface area contributed by atoms with E-state index in [1.807, 2.05) is 41.3 Å². The molecule has 5 nitrogen and oxygen atoms in total. The predicted molar refractivity (Wildman–Crippen MR) is 86.3 cm³/mol. The summed E-state index contributed by atoms with van der Waals surface area (Å²) in [4.78, 5) is 20.6. The topological polar surface area (TPSA) is 46.9 Å². The van der Waals surface area contributed by atoms with Crippen molar-refractivity contribution >= 4 is 11.7 Å². The second-order valence-corrected chi connectivity index (χ2v) is 6.10. The van der Waals surface area contributed by atoms with Crippen molar-refractivity contribution in [3.05, 3.63) is 54.2 Å². The lowest BCUT2D eigenvalue weighted by molar-refractivity contribution is -0.924. The van der Waals surface area contributed by atoms with Gasteiger partial charge in [0.1, 0.15) is 11.6 Å². The second kappa shape index (κ2) is 5.66. The molecule has 3 atom stereocenters. The summed E-state index contributed by atoms with van der Waals surface area (Å²) < 4.78 is 5.37. The number of benzene rings is 1. The fraction of sp³-hybridized carbons (Fsp3) is 0.333. The number of fused-ring (bicyclic) bond motifs is 1. The molecule has 23 heavy (non-hydrogen) atoms. The van der Waals surface area contributed by atoms with Crippen molar-refractivity contribution in [3.8, 4) is 5.75 Å². The maximum atomic E-state index is 13.0. The van der Waals surface area contributed by atoms with Crippen molar-refractivity contribution in [3.63, 3.8) is 0 Å². The SMILES string of the molecule is COc1cccc(C2N(c3ccccn3)C(=O)C3CCC[NH+]32)c1. The van der Waals surface area contributed by atoms with E-state index >= 15 is 0 Å².